The highest BCUT2D eigenvalue weighted by Gasteiger charge is 2.22. The van der Waals surface area contributed by atoms with Crippen LogP contribution >= 0.6 is 11.6 Å². The van der Waals surface area contributed by atoms with Crippen LogP contribution in [0.25, 0.3) is 10.9 Å². The second-order valence-electron chi connectivity index (χ2n) is 4.43. The third kappa shape index (κ3) is 1.75. The maximum Gasteiger partial charge on any atom is 0.0523 e. The average Bonchev–Trinajstić information content (AvgIpc) is 2.61. The van der Waals surface area contributed by atoms with E-state index in [1.54, 1.807) is 0 Å². The lowest BCUT2D eigenvalue weighted by atomic mass is 9.85. The zero-order valence-electron chi connectivity index (χ0n) is 8.84. The van der Waals surface area contributed by atoms with E-state index in [1.165, 1.54) is 0 Å². The minimum Gasteiger partial charge on any atom is -0.395 e. The van der Waals surface area contributed by atoms with Crippen LogP contribution in [0.4, 0.5) is 0 Å². The average molecular weight is 224 g/mol. The van der Waals surface area contributed by atoms with Gasteiger partial charge in [-0.05, 0) is 17.7 Å². The predicted octanol–water partition coefficient (Wildman–Crippen LogP) is 3.09. The van der Waals surface area contributed by atoms with Crippen LogP contribution in [0.2, 0.25) is 5.02 Å². The van der Waals surface area contributed by atoms with Crippen molar-refractivity contribution in [3.8, 4) is 0 Å². The lowest BCUT2D eigenvalue weighted by molar-refractivity contribution is 0.219. The van der Waals surface area contributed by atoms with Crippen LogP contribution in [0.1, 0.15) is 19.4 Å². The number of aliphatic hydroxyl groups excluding tert-OH is 1. The van der Waals surface area contributed by atoms with Gasteiger partial charge in [0.1, 0.15) is 0 Å². The number of nitrogens with one attached hydrogen (secondary N) is 1. The monoisotopic (exact) mass is 223 g/mol. The van der Waals surface area contributed by atoms with Gasteiger partial charge in [0.05, 0.1) is 6.61 Å². The summed E-state index contributed by atoms with van der Waals surface area (Å²) in [4.78, 5) is 3.17. The Hall–Kier alpha value is -0.990. The predicted molar refractivity (Wildman–Crippen MR) is 63.4 cm³/mol. The zero-order valence-corrected chi connectivity index (χ0v) is 9.60. The number of fused-ring (bicyclic) bond motifs is 1. The zero-order chi connectivity index (χ0) is 11.1. The van der Waals surface area contributed by atoms with Gasteiger partial charge in [0.2, 0.25) is 0 Å². The quantitative estimate of drug-likeness (QED) is 0.807. The second-order valence-corrected chi connectivity index (χ2v) is 4.87. The van der Waals surface area contributed by atoms with Crippen LogP contribution in [0.5, 0.6) is 0 Å². The summed E-state index contributed by atoms with van der Waals surface area (Å²) in [6, 6.07) is 5.75. The van der Waals surface area contributed by atoms with Gasteiger partial charge in [-0.1, -0.05) is 31.5 Å². The summed E-state index contributed by atoms with van der Waals surface area (Å²) in [5.41, 5.74) is 1.90. The molecule has 80 valence electrons. The molecule has 0 fully saturated rings. The minimum atomic E-state index is -0.230. The van der Waals surface area contributed by atoms with Crippen molar-refractivity contribution in [2.75, 3.05) is 6.61 Å². The third-order valence-electron chi connectivity index (χ3n) is 2.77. The molecule has 2 rings (SSSR count). The van der Waals surface area contributed by atoms with Crippen LogP contribution in [0, 0.1) is 0 Å². The number of H-pyrrole nitrogens is 1. The topological polar surface area (TPSA) is 36.0 Å². The van der Waals surface area contributed by atoms with E-state index in [1.807, 2.05) is 38.2 Å². The summed E-state index contributed by atoms with van der Waals surface area (Å²) >= 11 is 5.91. The Morgan fingerprint density at radius 2 is 2.13 bits per heavy atom. The minimum absolute atomic E-state index is 0.128. The SMILES string of the molecule is CC(C)(CO)c1c[nH]c2cc(Cl)ccc12. The number of aromatic nitrogens is 1. The summed E-state index contributed by atoms with van der Waals surface area (Å²) < 4.78 is 0. The van der Waals surface area contributed by atoms with Gasteiger partial charge in [-0.25, -0.2) is 0 Å². The van der Waals surface area contributed by atoms with Gasteiger partial charge in [-0.3, -0.25) is 0 Å². The molecule has 0 saturated carbocycles. The van der Waals surface area contributed by atoms with E-state index in [0.717, 1.165) is 21.5 Å². The van der Waals surface area contributed by atoms with Gasteiger partial charge in [-0.2, -0.15) is 0 Å². The summed E-state index contributed by atoms with van der Waals surface area (Å²) in [6.45, 7) is 4.16. The van der Waals surface area contributed by atoms with Gasteiger partial charge in [0, 0.05) is 27.5 Å². The standard InChI is InChI=1S/C12H14ClNO/c1-12(2,7-15)10-6-14-11-5-8(13)3-4-9(10)11/h3-6,14-15H,7H2,1-2H3. The first-order chi connectivity index (χ1) is 7.04. The van der Waals surface area contributed by atoms with Crippen LogP contribution in [0.3, 0.4) is 0 Å². The van der Waals surface area contributed by atoms with Crippen molar-refractivity contribution < 1.29 is 5.11 Å². The third-order valence-corrected chi connectivity index (χ3v) is 3.00. The molecule has 15 heavy (non-hydrogen) atoms. The van der Waals surface area contributed by atoms with Crippen molar-refractivity contribution in [3.05, 3.63) is 35.0 Å². The van der Waals surface area contributed by atoms with Crippen LogP contribution < -0.4 is 0 Å². The van der Waals surface area contributed by atoms with Gasteiger partial charge in [0.15, 0.2) is 0 Å². The normalized spacial score (nSPS) is 12.3. The first kappa shape index (κ1) is 10.5. The fourth-order valence-corrected chi connectivity index (χ4v) is 1.92. The molecule has 0 saturated heterocycles. The lowest BCUT2D eigenvalue weighted by Gasteiger charge is -2.20. The molecule has 1 heterocycles. The molecule has 0 atom stereocenters. The number of aromatic amines is 1. The lowest BCUT2D eigenvalue weighted by Crippen LogP contribution is -2.21. The number of benzene rings is 1. The summed E-state index contributed by atoms with van der Waals surface area (Å²) in [7, 11) is 0. The molecule has 2 nitrogen and oxygen atoms in total. The van der Waals surface area contributed by atoms with Crippen molar-refractivity contribution in [1.82, 2.24) is 4.98 Å². The van der Waals surface area contributed by atoms with E-state index in [0.29, 0.717) is 0 Å². The van der Waals surface area contributed by atoms with E-state index in [9.17, 15) is 5.11 Å². The molecular weight excluding hydrogens is 210 g/mol. The molecule has 0 radical (unpaired) electrons. The molecule has 0 amide bonds. The molecule has 1 aromatic heterocycles. The summed E-state index contributed by atoms with van der Waals surface area (Å²) in [5, 5.41) is 11.2. The summed E-state index contributed by atoms with van der Waals surface area (Å²) in [6.07, 6.45) is 1.94. The highest BCUT2D eigenvalue weighted by molar-refractivity contribution is 6.31. The molecular formula is C12H14ClNO. The first-order valence-electron chi connectivity index (χ1n) is 4.92. The Labute approximate surface area is 93.9 Å². The molecule has 3 heteroatoms. The van der Waals surface area contributed by atoms with Crippen molar-refractivity contribution in [3.63, 3.8) is 0 Å². The molecule has 1 aromatic carbocycles. The molecule has 2 N–H and O–H groups in total. The molecule has 0 spiro atoms. The van der Waals surface area contributed by atoms with Crippen molar-refractivity contribution >= 4 is 22.5 Å². The number of halogens is 1. The molecule has 0 unspecified atom stereocenters. The van der Waals surface area contributed by atoms with E-state index in [-0.39, 0.29) is 12.0 Å². The second kappa shape index (κ2) is 3.54. The fourth-order valence-electron chi connectivity index (χ4n) is 1.74. The van der Waals surface area contributed by atoms with E-state index in [2.05, 4.69) is 4.98 Å². The highest BCUT2D eigenvalue weighted by atomic mass is 35.5. The van der Waals surface area contributed by atoms with E-state index < -0.39 is 0 Å². The van der Waals surface area contributed by atoms with Crippen LogP contribution in [-0.2, 0) is 5.41 Å². The first-order valence-corrected chi connectivity index (χ1v) is 5.30. The number of hydrogen-bond donors (Lipinski definition) is 2. The van der Waals surface area contributed by atoms with E-state index in [4.69, 9.17) is 11.6 Å². The maximum absolute atomic E-state index is 9.34. The maximum atomic E-state index is 9.34. The smallest absolute Gasteiger partial charge is 0.0523 e. The Bertz CT molecular complexity index is 487. The van der Waals surface area contributed by atoms with Crippen molar-refractivity contribution in [1.29, 1.82) is 0 Å². The highest BCUT2D eigenvalue weighted by Crippen LogP contribution is 2.31. The van der Waals surface area contributed by atoms with Crippen LogP contribution in [0.15, 0.2) is 24.4 Å². The number of aliphatic hydroxyl groups is 1. The number of hydrogen-bond acceptors (Lipinski definition) is 1. The van der Waals surface area contributed by atoms with Crippen LogP contribution in [-0.4, -0.2) is 16.7 Å². The van der Waals surface area contributed by atoms with E-state index >= 15 is 0 Å². The molecule has 0 aliphatic rings. The fraction of sp³-hybridized carbons (Fsp3) is 0.333. The molecule has 0 aliphatic carbocycles. The van der Waals surface area contributed by atoms with Gasteiger partial charge >= 0.3 is 0 Å². The van der Waals surface area contributed by atoms with Gasteiger partial charge in [0.25, 0.3) is 0 Å². The van der Waals surface area contributed by atoms with Crippen molar-refractivity contribution in [2.24, 2.45) is 0 Å². The Morgan fingerprint density at radius 1 is 1.40 bits per heavy atom. The Kier molecular flexibility index (Phi) is 2.49. The summed E-state index contributed by atoms with van der Waals surface area (Å²) in [5.74, 6) is 0. The van der Waals surface area contributed by atoms with Crippen molar-refractivity contribution in [2.45, 2.75) is 19.3 Å². The molecule has 0 bridgehead atoms. The molecule has 0 aliphatic heterocycles. The Balaban J connectivity index is 2.64. The number of rotatable bonds is 2. The Morgan fingerprint density at radius 3 is 2.80 bits per heavy atom. The van der Waals surface area contributed by atoms with Gasteiger partial charge < -0.3 is 10.1 Å². The molecule has 2 aromatic rings. The largest absolute Gasteiger partial charge is 0.395 e. The van der Waals surface area contributed by atoms with Gasteiger partial charge in [-0.15, -0.1) is 0 Å².